The first kappa shape index (κ1) is 26.9. The molecule has 37 heavy (non-hydrogen) atoms. The molecule has 2 aromatic rings. The van der Waals surface area contributed by atoms with E-state index in [0.29, 0.717) is 23.9 Å². The van der Waals surface area contributed by atoms with Gasteiger partial charge in [-0.05, 0) is 73.6 Å². The average molecular weight is 500 g/mol. The number of carbonyl (C=O) groups excluding carboxylic acids is 2. The number of rotatable bonds is 8. The molecule has 2 fully saturated rings. The lowest BCUT2D eigenvalue weighted by Gasteiger charge is -2.38. The Bertz CT molecular complexity index is 1060. The van der Waals surface area contributed by atoms with Gasteiger partial charge in [0, 0.05) is 18.5 Å². The number of benzene rings is 2. The quantitative estimate of drug-likeness (QED) is 0.448. The fourth-order valence-corrected chi connectivity index (χ4v) is 6.08. The zero-order valence-corrected chi connectivity index (χ0v) is 22.4. The third kappa shape index (κ3) is 7.01. The van der Waals surface area contributed by atoms with Gasteiger partial charge in [0.05, 0.1) is 11.6 Å². The first-order valence-corrected chi connectivity index (χ1v) is 14.1. The molecule has 196 valence electrons. The second kappa shape index (κ2) is 12.9. The van der Waals surface area contributed by atoms with Crippen LogP contribution in [-0.4, -0.2) is 22.8 Å². The summed E-state index contributed by atoms with van der Waals surface area (Å²) in [6.45, 7) is 4.92. The molecule has 5 nitrogen and oxygen atoms in total. The molecule has 1 N–H and O–H groups in total. The molecule has 2 aliphatic carbocycles. The number of nitrogens with one attached hydrogen (secondary N) is 1. The Hall–Kier alpha value is -3.13. The van der Waals surface area contributed by atoms with Crippen LogP contribution in [0.15, 0.2) is 54.6 Å². The molecule has 1 unspecified atom stereocenters. The molecule has 5 heteroatoms. The maximum atomic E-state index is 14.2. The fraction of sp³-hybridized carbons (Fsp3) is 0.531. The lowest BCUT2D eigenvalue weighted by molar-refractivity contribution is -0.146. The monoisotopic (exact) mass is 499 g/mol. The second-order valence-corrected chi connectivity index (χ2v) is 11.3. The van der Waals surface area contributed by atoms with Gasteiger partial charge < -0.3 is 10.2 Å². The zero-order chi connectivity index (χ0) is 26.2. The summed E-state index contributed by atoms with van der Waals surface area (Å²) in [6, 6.07) is 18.7. The molecule has 2 aliphatic rings. The van der Waals surface area contributed by atoms with E-state index >= 15 is 0 Å². The molecule has 0 radical (unpaired) electrons. The number of hydrogen-bond acceptors (Lipinski definition) is 3. The first-order chi connectivity index (χ1) is 18.0. The van der Waals surface area contributed by atoms with Crippen molar-refractivity contribution in [2.45, 2.75) is 90.3 Å². The van der Waals surface area contributed by atoms with Gasteiger partial charge in [-0.15, -0.1) is 0 Å². The second-order valence-electron chi connectivity index (χ2n) is 11.3. The van der Waals surface area contributed by atoms with Crippen LogP contribution in [0.25, 0.3) is 0 Å². The van der Waals surface area contributed by atoms with Crippen LogP contribution in [0.4, 0.5) is 0 Å². The standard InChI is InChI=1S/C32H41N3O2/c1-23(2)26-17-19-28(20-18-26)32(37)35(22-25-9-5-3-6-10-25)30(27-15-13-24(21-33)14-16-27)31(36)34-29-11-7-4-8-12-29/h3,5-6,9-10,13-16,23,26,28-30H,4,7-8,11-12,17-20,22H2,1-2H3,(H,34,36). The normalized spacial score (nSPS) is 21.1. The van der Waals surface area contributed by atoms with Gasteiger partial charge in [-0.25, -0.2) is 0 Å². The summed E-state index contributed by atoms with van der Waals surface area (Å²) >= 11 is 0. The first-order valence-electron chi connectivity index (χ1n) is 14.1. The smallest absolute Gasteiger partial charge is 0.247 e. The SMILES string of the molecule is CC(C)C1CCC(C(=O)N(Cc2ccccc2)C(C(=O)NC2CCCCC2)c2ccc(C#N)cc2)CC1. The van der Waals surface area contributed by atoms with E-state index in [1.807, 2.05) is 47.4 Å². The molecular formula is C32H41N3O2. The lowest BCUT2D eigenvalue weighted by atomic mass is 9.76. The molecular weight excluding hydrogens is 458 g/mol. The predicted octanol–water partition coefficient (Wildman–Crippen LogP) is 6.54. The minimum atomic E-state index is -0.731. The Morgan fingerprint density at radius 2 is 1.57 bits per heavy atom. The summed E-state index contributed by atoms with van der Waals surface area (Å²) in [4.78, 5) is 30.0. The summed E-state index contributed by atoms with van der Waals surface area (Å²) in [5.41, 5.74) is 2.31. The molecule has 0 aromatic heterocycles. The van der Waals surface area contributed by atoms with E-state index in [-0.39, 0.29) is 23.8 Å². The summed E-state index contributed by atoms with van der Waals surface area (Å²) in [7, 11) is 0. The van der Waals surface area contributed by atoms with Gasteiger partial charge in [-0.3, -0.25) is 9.59 Å². The van der Waals surface area contributed by atoms with Gasteiger partial charge >= 0.3 is 0 Å². The van der Waals surface area contributed by atoms with E-state index in [2.05, 4.69) is 25.2 Å². The highest BCUT2D eigenvalue weighted by Gasteiger charge is 2.37. The summed E-state index contributed by atoms with van der Waals surface area (Å²) in [6.07, 6.45) is 9.29. The van der Waals surface area contributed by atoms with Crippen LogP contribution in [0.1, 0.15) is 94.4 Å². The molecule has 2 saturated carbocycles. The van der Waals surface area contributed by atoms with Gasteiger partial charge in [0.1, 0.15) is 6.04 Å². The van der Waals surface area contributed by atoms with Crippen molar-refractivity contribution in [2.75, 3.05) is 0 Å². The number of hydrogen-bond donors (Lipinski definition) is 1. The highest BCUT2D eigenvalue weighted by atomic mass is 16.2. The molecule has 0 bridgehead atoms. The van der Waals surface area contributed by atoms with Crippen molar-refractivity contribution < 1.29 is 9.59 Å². The third-order valence-electron chi connectivity index (χ3n) is 8.41. The van der Waals surface area contributed by atoms with Crippen LogP contribution in [-0.2, 0) is 16.1 Å². The van der Waals surface area contributed by atoms with Gasteiger partial charge in [-0.1, -0.05) is 75.6 Å². The lowest BCUT2D eigenvalue weighted by Crippen LogP contribution is -2.48. The van der Waals surface area contributed by atoms with Crippen molar-refractivity contribution in [1.29, 1.82) is 5.26 Å². The largest absolute Gasteiger partial charge is 0.351 e. The van der Waals surface area contributed by atoms with Gasteiger partial charge in [0.2, 0.25) is 11.8 Å². The minimum Gasteiger partial charge on any atom is -0.351 e. The molecule has 1 atom stereocenters. The zero-order valence-electron chi connectivity index (χ0n) is 22.4. The van der Waals surface area contributed by atoms with Crippen molar-refractivity contribution in [2.24, 2.45) is 17.8 Å². The van der Waals surface area contributed by atoms with Crippen LogP contribution in [0.3, 0.4) is 0 Å². The number of amides is 2. The third-order valence-corrected chi connectivity index (χ3v) is 8.41. The van der Waals surface area contributed by atoms with Crippen LogP contribution in [0, 0.1) is 29.1 Å². The Balaban J connectivity index is 1.66. The van der Waals surface area contributed by atoms with Crippen LogP contribution in [0.5, 0.6) is 0 Å². The average Bonchev–Trinajstić information content (AvgIpc) is 2.94. The molecule has 0 aliphatic heterocycles. The Morgan fingerprint density at radius 3 is 2.16 bits per heavy atom. The number of carbonyl (C=O) groups is 2. The minimum absolute atomic E-state index is 0.0675. The van der Waals surface area contributed by atoms with Crippen molar-refractivity contribution in [3.8, 4) is 6.07 Å². The van der Waals surface area contributed by atoms with Crippen LogP contribution < -0.4 is 5.32 Å². The van der Waals surface area contributed by atoms with E-state index in [4.69, 9.17) is 0 Å². The Kier molecular flexibility index (Phi) is 9.39. The molecule has 2 amide bonds. The van der Waals surface area contributed by atoms with Crippen molar-refractivity contribution in [3.05, 3.63) is 71.3 Å². The molecule has 0 spiro atoms. The Labute approximate surface area is 222 Å². The summed E-state index contributed by atoms with van der Waals surface area (Å²) in [5, 5.41) is 12.6. The summed E-state index contributed by atoms with van der Waals surface area (Å²) in [5.74, 6) is 1.18. The Morgan fingerprint density at radius 1 is 0.919 bits per heavy atom. The van der Waals surface area contributed by atoms with Gasteiger partial charge in [0.25, 0.3) is 0 Å². The van der Waals surface area contributed by atoms with Crippen LogP contribution in [0.2, 0.25) is 0 Å². The van der Waals surface area contributed by atoms with Crippen LogP contribution >= 0.6 is 0 Å². The molecule has 4 rings (SSSR count). The molecule has 0 heterocycles. The van der Waals surface area contributed by atoms with Gasteiger partial charge in [-0.2, -0.15) is 5.26 Å². The van der Waals surface area contributed by atoms with Crippen molar-refractivity contribution in [3.63, 3.8) is 0 Å². The van der Waals surface area contributed by atoms with Crippen molar-refractivity contribution >= 4 is 11.8 Å². The topological polar surface area (TPSA) is 73.2 Å². The maximum absolute atomic E-state index is 14.2. The van der Waals surface area contributed by atoms with E-state index in [0.717, 1.165) is 62.5 Å². The van der Waals surface area contributed by atoms with E-state index in [9.17, 15) is 14.9 Å². The van der Waals surface area contributed by atoms with E-state index < -0.39 is 6.04 Å². The van der Waals surface area contributed by atoms with Gasteiger partial charge in [0.15, 0.2) is 0 Å². The van der Waals surface area contributed by atoms with E-state index in [1.165, 1.54) is 6.42 Å². The fourth-order valence-electron chi connectivity index (χ4n) is 6.08. The molecule has 0 saturated heterocycles. The summed E-state index contributed by atoms with van der Waals surface area (Å²) < 4.78 is 0. The highest BCUT2D eigenvalue weighted by molar-refractivity contribution is 5.89. The predicted molar refractivity (Wildman–Crippen MR) is 146 cm³/mol. The molecule has 2 aromatic carbocycles. The number of nitriles is 1. The number of nitrogens with zero attached hydrogens (tertiary/aromatic N) is 2. The highest BCUT2D eigenvalue weighted by Crippen LogP contribution is 2.36. The van der Waals surface area contributed by atoms with E-state index in [1.54, 1.807) is 12.1 Å². The maximum Gasteiger partial charge on any atom is 0.247 e. The van der Waals surface area contributed by atoms with Crippen molar-refractivity contribution in [1.82, 2.24) is 10.2 Å².